The van der Waals surface area contributed by atoms with Gasteiger partial charge in [0, 0.05) is 0 Å². The second-order valence-electron chi connectivity index (χ2n) is 9.17. The molecule has 2 aliphatic rings. The third kappa shape index (κ3) is 4.52. The molecule has 2 aliphatic heterocycles. The molecule has 6 heterocycles. The lowest BCUT2D eigenvalue weighted by Crippen LogP contribution is -2.34. The lowest BCUT2D eigenvalue weighted by Gasteiger charge is -2.28. The molecule has 0 saturated carbocycles. The van der Waals surface area contributed by atoms with E-state index in [9.17, 15) is 19.9 Å². The average molecular weight is 618 g/mol. The first kappa shape index (κ1) is 27.8. The number of hydrogen-bond acceptors (Lipinski definition) is 16. The summed E-state index contributed by atoms with van der Waals surface area (Å²) in [6.07, 6.45) is -10.7. The van der Waals surface area contributed by atoms with E-state index in [0.29, 0.717) is 0 Å². The zero-order chi connectivity index (χ0) is 29.2. The number of aliphatic hydroxyl groups is 2. The number of rotatable bonds is 7. The van der Waals surface area contributed by atoms with E-state index in [1.807, 2.05) is 0 Å². The number of nitrogens with zero attached hydrogens (tertiary/aromatic N) is 9. The highest BCUT2D eigenvalue weighted by atomic mass is 32.5. The van der Waals surface area contributed by atoms with E-state index in [2.05, 4.69) is 40.6 Å². The number of aliphatic hydroxyl groups excluding tert-OH is 2. The molecule has 0 amide bonds. The van der Waals surface area contributed by atoms with Crippen molar-refractivity contribution in [2.75, 3.05) is 24.7 Å². The Hall–Kier alpha value is -3.37. The van der Waals surface area contributed by atoms with E-state index in [1.165, 1.54) is 0 Å². The maximum Gasteiger partial charge on any atom is 0.282 e. The Morgan fingerprint density at radius 2 is 1.76 bits per heavy atom. The van der Waals surface area contributed by atoms with E-state index in [0.717, 1.165) is 15.7 Å². The Balaban J connectivity index is 1.25. The molecule has 1 unspecified atom stereocenters. The fraction of sp³-hybridized carbons (Fsp3) is 0.556. The van der Waals surface area contributed by atoms with Crippen LogP contribution in [0.5, 0.6) is 0 Å². The highest BCUT2D eigenvalue weighted by Gasteiger charge is 2.55. The molecular formula is C18H21F2N12O7PS. The number of nitrogens with two attached hydrogens (primary N) is 2. The molecule has 23 heteroatoms. The molecule has 8 N–H and O–H groups in total. The van der Waals surface area contributed by atoms with Crippen LogP contribution in [-0.2, 0) is 25.8 Å². The maximum absolute atomic E-state index is 15.5. The Kier molecular flexibility index (Phi) is 6.89. The van der Waals surface area contributed by atoms with Gasteiger partial charge in [-0.25, -0.2) is 18.7 Å². The monoisotopic (exact) mass is 618 g/mol. The average Bonchev–Trinajstić information content (AvgIpc) is 3.68. The lowest BCUT2D eigenvalue weighted by molar-refractivity contribution is -0.0481. The zero-order valence-electron chi connectivity index (χ0n) is 20.4. The number of alkyl halides is 2. The fourth-order valence-electron chi connectivity index (χ4n) is 4.69. The summed E-state index contributed by atoms with van der Waals surface area (Å²) < 4.78 is 49.1. The predicted molar refractivity (Wildman–Crippen MR) is 135 cm³/mol. The smallest absolute Gasteiger partial charge is 0.282 e. The number of hydrogen-bond donors (Lipinski definition) is 6. The number of H-pyrrole nitrogens is 1. The molecule has 4 aromatic rings. The van der Waals surface area contributed by atoms with Crippen molar-refractivity contribution in [3.63, 3.8) is 0 Å². The quantitative estimate of drug-likeness (QED) is 0.116. The van der Waals surface area contributed by atoms with Crippen molar-refractivity contribution >= 4 is 52.4 Å². The number of fused-ring (bicyclic) bond motifs is 2. The van der Waals surface area contributed by atoms with E-state index in [4.69, 9.17) is 37.3 Å². The van der Waals surface area contributed by atoms with Gasteiger partial charge in [0.1, 0.15) is 36.5 Å². The van der Waals surface area contributed by atoms with Crippen molar-refractivity contribution in [2.24, 2.45) is 0 Å². The standard InChI is InChI=1S/C18H21F2N12O7PS/c19-6-4(1-33)38-17(32-14-9(28-30-32)15(35)26-18(22)25-14)11(6)40(36,41)37-2-5-10(34)7(20)16(39-5)31-13-8(27-29-31)12(21)23-3-24-13/h3-7,10-11,16-17,33-34H,1-2H2,(H,36,41)(H2,21,23,24)(H3,22,25,26,35)/t4-,5-,6+,7+,10-,11-,16-,17-,40?/m1/s1. The van der Waals surface area contributed by atoms with Gasteiger partial charge in [-0.1, -0.05) is 10.4 Å². The summed E-state index contributed by atoms with van der Waals surface area (Å²) >= 11 is 5.27. The molecule has 6 rings (SSSR count). The molecule has 2 saturated heterocycles. The van der Waals surface area contributed by atoms with E-state index < -0.39 is 74.0 Å². The summed E-state index contributed by atoms with van der Waals surface area (Å²) in [4.78, 5) is 37.3. The molecule has 0 bridgehead atoms. The Labute approximate surface area is 230 Å². The van der Waals surface area contributed by atoms with Crippen LogP contribution < -0.4 is 17.0 Å². The summed E-state index contributed by atoms with van der Waals surface area (Å²) in [5, 5.41) is 35.2. The molecule has 2 fully saturated rings. The van der Waals surface area contributed by atoms with Gasteiger partial charge in [0.2, 0.25) is 5.95 Å². The third-order valence-electron chi connectivity index (χ3n) is 6.69. The second-order valence-corrected chi connectivity index (χ2v) is 12.7. The van der Waals surface area contributed by atoms with Gasteiger partial charge in [-0.05, 0) is 11.8 Å². The number of nitrogen functional groups attached to an aromatic ring is 2. The van der Waals surface area contributed by atoms with Crippen molar-refractivity contribution in [2.45, 2.75) is 48.8 Å². The van der Waals surface area contributed by atoms with E-state index in [-0.39, 0.29) is 34.1 Å². The number of aromatic amines is 1. The van der Waals surface area contributed by atoms with Crippen molar-refractivity contribution in [3.8, 4) is 0 Å². The molecule has 9 atom stereocenters. The number of anilines is 2. The van der Waals surface area contributed by atoms with Crippen LogP contribution in [0.1, 0.15) is 12.5 Å². The number of aromatic nitrogens is 10. The van der Waals surface area contributed by atoms with Crippen LogP contribution in [0.3, 0.4) is 0 Å². The first-order valence-electron chi connectivity index (χ1n) is 11.8. The Morgan fingerprint density at radius 1 is 1.07 bits per heavy atom. The molecule has 0 spiro atoms. The minimum atomic E-state index is -4.27. The number of nitrogens with one attached hydrogen (secondary N) is 1. The predicted octanol–water partition coefficient (Wildman–Crippen LogP) is -2.57. The minimum absolute atomic E-state index is 0.00555. The van der Waals surface area contributed by atoms with Crippen LogP contribution in [0.25, 0.3) is 22.3 Å². The Bertz CT molecular complexity index is 1720. The molecule has 41 heavy (non-hydrogen) atoms. The van der Waals surface area contributed by atoms with E-state index in [1.54, 1.807) is 0 Å². The molecular weight excluding hydrogens is 597 g/mol. The molecule has 0 aliphatic carbocycles. The molecule has 0 aromatic carbocycles. The molecule has 19 nitrogen and oxygen atoms in total. The summed E-state index contributed by atoms with van der Waals surface area (Å²) in [6.45, 7) is -5.75. The van der Waals surface area contributed by atoms with Crippen LogP contribution in [0.15, 0.2) is 11.1 Å². The van der Waals surface area contributed by atoms with Gasteiger partial charge < -0.3 is 40.6 Å². The van der Waals surface area contributed by atoms with Crippen LogP contribution in [0.4, 0.5) is 20.5 Å². The van der Waals surface area contributed by atoms with Gasteiger partial charge in [-0.3, -0.25) is 9.78 Å². The minimum Gasteiger partial charge on any atom is -0.394 e. The maximum atomic E-state index is 15.5. The molecule has 4 aromatic heterocycles. The zero-order valence-corrected chi connectivity index (χ0v) is 22.1. The van der Waals surface area contributed by atoms with Crippen LogP contribution in [-0.4, -0.2) is 115 Å². The summed E-state index contributed by atoms with van der Waals surface area (Å²) in [6, 6.07) is 0. The fourth-order valence-corrected chi connectivity index (χ4v) is 7.13. The highest BCUT2D eigenvalue weighted by Crippen LogP contribution is 2.58. The topological polar surface area (TPSA) is 273 Å². The van der Waals surface area contributed by atoms with Crippen LogP contribution in [0.2, 0.25) is 0 Å². The van der Waals surface area contributed by atoms with Crippen molar-refractivity contribution in [1.82, 2.24) is 49.9 Å². The largest absolute Gasteiger partial charge is 0.394 e. The molecule has 0 radical (unpaired) electrons. The van der Waals surface area contributed by atoms with Gasteiger partial charge in [0.25, 0.3) is 5.56 Å². The van der Waals surface area contributed by atoms with Crippen molar-refractivity contribution < 1.29 is 37.9 Å². The van der Waals surface area contributed by atoms with E-state index >= 15 is 8.78 Å². The second kappa shape index (κ2) is 10.2. The molecule has 220 valence electrons. The van der Waals surface area contributed by atoms with Gasteiger partial charge >= 0.3 is 0 Å². The van der Waals surface area contributed by atoms with Gasteiger partial charge in [0.15, 0.2) is 53.3 Å². The first-order chi connectivity index (χ1) is 19.5. The van der Waals surface area contributed by atoms with Crippen LogP contribution >= 0.6 is 6.49 Å². The summed E-state index contributed by atoms with van der Waals surface area (Å²) in [5.74, 6) is -0.304. The third-order valence-corrected chi connectivity index (χ3v) is 9.55. The highest BCUT2D eigenvalue weighted by molar-refractivity contribution is 8.09. The summed E-state index contributed by atoms with van der Waals surface area (Å²) in [5.41, 5.74) is 8.60. The lowest BCUT2D eigenvalue weighted by atomic mass is 10.1. The van der Waals surface area contributed by atoms with Gasteiger partial charge in [-0.2, -0.15) is 14.3 Å². The number of halogens is 2. The van der Waals surface area contributed by atoms with Crippen molar-refractivity contribution in [1.29, 1.82) is 0 Å². The Morgan fingerprint density at radius 3 is 2.49 bits per heavy atom. The van der Waals surface area contributed by atoms with Crippen molar-refractivity contribution in [3.05, 3.63) is 16.7 Å². The summed E-state index contributed by atoms with van der Waals surface area (Å²) in [7, 11) is 0. The normalized spacial score (nSPS) is 31.7. The SMILES string of the molecule is Nc1nc2c(nnn2[C@@H]2O[C@H](CO)[C@H](F)[C@H]2P(O)(=S)OC[C@H]2O[C@@H](n3nnc4c(N)ncnc43)[C@@H](F)[C@@H]2O)c(=O)[nH]1. The van der Waals surface area contributed by atoms with Crippen LogP contribution in [0, 0.1) is 0 Å². The number of ether oxygens (including phenoxy) is 2. The first-order valence-corrected chi connectivity index (χ1v) is 14.5. The van der Waals surface area contributed by atoms with Gasteiger partial charge in [-0.15, -0.1) is 10.2 Å². The van der Waals surface area contributed by atoms with Gasteiger partial charge in [0.05, 0.1) is 13.2 Å².